The van der Waals surface area contributed by atoms with Crippen LogP contribution in [0.4, 0.5) is 0 Å². The first kappa shape index (κ1) is 24.9. The van der Waals surface area contributed by atoms with Gasteiger partial charge in [-0.3, -0.25) is 14.9 Å². The van der Waals surface area contributed by atoms with Gasteiger partial charge in [0.1, 0.15) is 5.75 Å². The van der Waals surface area contributed by atoms with Gasteiger partial charge < -0.3 is 14.9 Å². The number of methoxy groups -OCH3 is 1. The number of aromatic nitrogens is 2. The number of aliphatic carboxylic acids is 2. The van der Waals surface area contributed by atoms with Crippen molar-refractivity contribution < 1.29 is 24.5 Å². The normalized spacial score (nSPS) is 14.2. The standard InChI is InChI=1S/C23H28N4O.C2H2O4/c1-18-23(20-6-4-3-5-7-20)22(25-24-18)17-27-14-12-26(13-15-27)16-19-8-10-21(28-2)11-9-19;3-1(4)2(5)6/h3-11H,12-17H2,1-2H3,(H,24,25);(H,3,4)(H,5,6). The minimum atomic E-state index is -1.82. The lowest BCUT2D eigenvalue weighted by Crippen LogP contribution is -2.45. The Morgan fingerprint density at radius 2 is 1.47 bits per heavy atom. The molecule has 0 bridgehead atoms. The fourth-order valence-electron chi connectivity index (χ4n) is 3.89. The number of nitrogens with zero attached hydrogens (tertiary/aromatic N) is 3. The van der Waals surface area contributed by atoms with Crippen molar-refractivity contribution in [3.8, 4) is 16.9 Å². The van der Waals surface area contributed by atoms with Crippen LogP contribution in [0.2, 0.25) is 0 Å². The average Bonchev–Trinajstić information content (AvgIpc) is 3.21. The number of carboxylic acid groups (broad SMARTS) is 2. The lowest BCUT2D eigenvalue weighted by atomic mass is 10.0. The van der Waals surface area contributed by atoms with Gasteiger partial charge >= 0.3 is 11.9 Å². The maximum atomic E-state index is 9.10. The highest BCUT2D eigenvalue weighted by Crippen LogP contribution is 2.26. The Hall–Kier alpha value is -3.69. The van der Waals surface area contributed by atoms with Crippen molar-refractivity contribution >= 4 is 11.9 Å². The smallest absolute Gasteiger partial charge is 0.414 e. The summed E-state index contributed by atoms with van der Waals surface area (Å²) in [6.45, 7) is 8.28. The van der Waals surface area contributed by atoms with Crippen LogP contribution in [-0.4, -0.2) is 75.4 Å². The molecule has 9 nitrogen and oxygen atoms in total. The summed E-state index contributed by atoms with van der Waals surface area (Å²) in [7, 11) is 1.71. The van der Waals surface area contributed by atoms with Gasteiger partial charge in [-0.2, -0.15) is 5.10 Å². The highest BCUT2D eigenvalue weighted by atomic mass is 16.5. The summed E-state index contributed by atoms with van der Waals surface area (Å²) in [6.07, 6.45) is 0. The molecule has 0 spiro atoms. The van der Waals surface area contributed by atoms with Crippen molar-refractivity contribution in [2.75, 3.05) is 33.3 Å². The summed E-state index contributed by atoms with van der Waals surface area (Å²) in [6, 6.07) is 18.9. The molecule has 34 heavy (non-hydrogen) atoms. The molecule has 9 heteroatoms. The second-order valence-electron chi connectivity index (χ2n) is 8.05. The van der Waals surface area contributed by atoms with E-state index in [1.165, 1.54) is 16.7 Å². The van der Waals surface area contributed by atoms with Gasteiger partial charge in [-0.1, -0.05) is 42.5 Å². The molecular weight excluding hydrogens is 436 g/mol. The van der Waals surface area contributed by atoms with Crippen LogP contribution in [0.15, 0.2) is 54.6 Å². The molecule has 4 rings (SSSR count). The fourth-order valence-corrected chi connectivity index (χ4v) is 3.89. The molecule has 0 aliphatic carbocycles. The van der Waals surface area contributed by atoms with Gasteiger partial charge in [-0.05, 0) is 30.2 Å². The average molecular weight is 467 g/mol. The molecule has 1 aliphatic rings. The highest BCUT2D eigenvalue weighted by Gasteiger charge is 2.20. The number of rotatable bonds is 6. The Balaban J connectivity index is 0.000000481. The maximum Gasteiger partial charge on any atom is 0.414 e. The zero-order valence-electron chi connectivity index (χ0n) is 19.4. The van der Waals surface area contributed by atoms with E-state index in [1.807, 2.05) is 12.1 Å². The number of carboxylic acids is 2. The SMILES string of the molecule is COc1ccc(CN2CCN(Cc3n[nH]c(C)c3-c3ccccc3)CC2)cc1.O=C(O)C(=O)O. The quantitative estimate of drug-likeness (QED) is 0.475. The summed E-state index contributed by atoms with van der Waals surface area (Å²) >= 11 is 0. The number of carbonyl (C=O) groups is 2. The monoisotopic (exact) mass is 466 g/mol. The van der Waals surface area contributed by atoms with E-state index in [-0.39, 0.29) is 0 Å². The molecule has 3 aromatic rings. The van der Waals surface area contributed by atoms with E-state index in [9.17, 15) is 0 Å². The van der Waals surface area contributed by atoms with E-state index in [1.54, 1.807) is 7.11 Å². The van der Waals surface area contributed by atoms with E-state index >= 15 is 0 Å². The molecule has 2 heterocycles. The van der Waals surface area contributed by atoms with Gasteiger partial charge in [0, 0.05) is 50.5 Å². The molecule has 180 valence electrons. The third-order valence-corrected chi connectivity index (χ3v) is 5.67. The molecule has 0 saturated carbocycles. The zero-order chi connectivity index (χ0) is 24.5. The third kappa shape index (κ3) is 6.90. The van der Waals surface area contributed by atoms with E-state index in [0.29, 0.717) is 0 Å². The van der Waals surface area contributed by atoms with Crippen LogP contribution in [0.5, 0.6) is 5.75 Å². The third-order valence-electron chi connectivity index (χ3n) is 5.67. The zero-order valence-corrected chi connectivity index (χ0v) is 19.4. The van der Waals surface area contributed by atoms with Crippen molar-refractivity contribution in [2.45, 2.75) is 20.0 Å². The van der Waals surface area contributed by atoms with E-state index in [4.69, 9.17) is 24.5 Å². The van der Waals surface area contributed by atoms with Crippen LogP contribution in [0, 0.1) is 6.92 Å². The Kier molecular flexibility index (Phi) is 8.78. The maximum absolute atomic E-state index is 9.10. The van der Waals surface area contributed by atoms with E-state index in [0.717, 1.165) is 56.4 Å². The van der Waals surface area contributed by atoms with Crippen LogP contribution in [0.25, 0.3) is 11.1 Å². The van der Waals surface area contributed by atoms with Gasteiger partial charge in [0.05, 0.1) is 12.8 Å². The predicted octanol–water partition coefficient (Wildman–Crippen LogP) is 2.87. The number of ether oxygens (including phenoxy) is 1. The van der Waals surface area contributed by atoms with Crippen molar-refractivity contribution in [1.29, 1.82) is 0 Å². The first-order valence-electron chi connectivity index (χ1n) is 11.0. The minimum Gasteiger partial charge on any atom is -0.497 e. The number of hydrogen-bond donors (Lipinski definition) is 3. The van der Waals surface area contributed by atoms with Gasteiger partial charge in [0.2, 0.25) is 0 Å². The summed E-state index contributed by atoms with van der Waals surface area (Å²) < 4.78 is 5.24. The molecular formula is C25H30N4O5. The molecule has 1 aliphatic heterocycles. The number of benzene rings is 2. The Morgan fingerprint density at radius 3 is 2.00 bits per heavy atom. The van der Waals surface area contributed by atoms with Crippen LogP contribution >= 0.6 is 0 Å². The Labute approximate surface area is 198 Å². The fraction of sp³-hybridized carbons (Fsp3) is 0.320. The summed E-state index contributed by atoms with van der Waals surface area (Å²) in [5.74, 6) is -2.73. The van der Waals surface area contributed by atoms with Crippen molar-refractivity contribution in [2.24, 2.45) is 0 Å². The van der Waals surface area contributed by atoms with Crippen molar-refractivity contribution in [1.82, 2.24) is 20.0 Å². The predicted molar refractivity (Wildman–Crippen MR) is 128 cm³/mol. The van der Waals surface area contributed by atoms with E-state index in [2.05, 4.69) is 69.4 Å². The Morgan fingerprint density at radius 1 is 0.912 bits per heavy atom. The molecule has 0 atom stereocenters. The number of nitrogens with one attached hydrogen (secondary N) is 1. The minimum absolute atomic E-state index is 0.894. The largest absolute Gasteiger partial charge is 0.497 e. The second-order valence-corrected chi connectivity index (χ2v) is 8.05. The first-order valence-corrected chi connectivity index (χ1v) is 11.0. The van der Waals surface area contributed by atoms with Crippen molar-refractivity contribution in [3.05, 3.63) is 71.5 Å². The van der Waals surface area contributed by atoms with Gasteiger partial charge in [0.25, 0.3) is 0 Å². The Bertz CT molecular complexity index is 1060. The molecule has 1 aromatic heterocycles. The molecule has 0 unspecified atom stereocenters. The first-order chi connectivity index (χ1) is 16.4. The summed E-state index contributed by atoms with van der Waals surface area (Å²) in [5.41, 5.74) is 6.11. The number of aryl methyl sites for hydroxylation is 1. The van der Waals surface area contributed by atoms with E-state index < -0.39 is 11.9 Å². The highest BCUT2D eigenvalue weighted by molar-refractivity contribution is 6.27. The molecule has 2 aromatic carbocycles. The molecule has 0 radical (unpaired) electrons. The van der Waals surface area contributed by atoms with Crippen LogP contribution in [0.1, 0.15) is 17.0 Å². The van der Waals surface area contributed by atoms with Gasteiger partial charge in [-0.25, -0.2) is 9.59 Å². The lowest BCUT2D eigenvalue weighted by molar-refractivity contribution is -0.159. The number of aromatic amines is 1. The lowest BCUT2D eigenvalue weighted by Gasteiger charge is -2.34. The van der Waals surface area contributed by atoms with Crippen molar-refractivity contribution in [3.63, 3.8) is 0 Å². The number of piperazine rings is 1. The molecule has 0 amide bonds. The molecule has 1 fully saturated rings. The van der Waals surface area contributed by atoms with Crippen LogP contribution < -0.4 is 4.74 Å². The molecule has 1 saturated heterocycles. The summed E-state index contributed by atoms with van der Waals surface area (Å²) in [4.78, 5) is 23.2. The summed E-state index contributed by atoms with van der Waals surface area (Å²) in [5, 5.41) is 22.6. The number of hydrogen-bond acceptors (Lipinski definition) is 6. The second kappa shape index (κ2) is 12.0. The van der Waals surface area contributed by atoms with Gasteiger partial charge in [0.15, 0.2) is 0 Å². The number of H-pyrrole nitrogens is 1. The van der Waals surface area contributed by atoms with Gasteiger partial charge in [-0.15, -0.1) is 0 Å². The van der Waals surface area contributed by atoms with Crippen LogP contribution in [-0.2, 0) is 22.7 Å². The van der Waals surface area contributed by atoms with Crippen LogP contribution in [0.3, 0.4) is 0 Å². The topological polar surface area (TPSA) is 119 Å². The molecule has 3 N–H and O–H groups in total.